The Morgan fingerprint density at radius 1 is 1.10 bits per heavy atom. The van der Waals surface area contributed by atoms with E-state index in [4.69, 9.17) is 0 Å². The Labute approximate surface area is 171 Å². The summed E-state index contributed by atoms with van der Waals surface area (Å²) in [6.45, 7) is 1.85. The number of fused-ring (bicyclic) bond motifs is 2. The van der Waals surface area contributed by atoms with Crippen molar-refractivity contribution in [3.63, 3.8) is 0 Å². The Kier molecular flexibility index (Phi) is 4.73. The zero-order valence-electron chi connectivity index (χ0n) is 16.9. The smallest absolute Gasteiger partial charge is 0.332 e. The predicted molar refractivity (Wildman–Crippen MR) is 111 cm³/mol. The van der Waals surface area contributed by atoms with Gasteiger partial charge in [-0.2, -0.15) is 0 Å². The zero-order chi connectivity index (χ0) is 21.6. The molecular formula is C21H21N5O4. The standard InChI is InChI=1S/C21H21N5O4/c1-11(12-4-7-15-13(10-12)5-9-17(27)23-15)22-19(28)16-8-6-14-18(24-16)25(2)21(30)26(3)20(14)29/h4,6-8,10-11H,5,9H2,1-3H3,(H,22,28)(H,23,27). The maximum Gasteiger partial charge on any atom is 0.332 e. The number of nitrogens with one attached hydrogen (secondary N) is 2. The largest absolute Gasteiger partial charge is 0.344 e. The van der Waals surface area contributed by atoms with Crippen molar-refractivity contribution in [2.75, 3.05) is 5.32 Å². The molecule has 2 aromatic heterocycles. The molecule has 9 heteroatoms. The molecule has 0 saturated heterocycles. The van der Waals surface area contributed by atoms with Crippen molar-refractivity contribution in [3.05, 3.63) is 68.0 Å². The number of amides is 2. The Balaban J connectivity index is 1.61. The molecule has 1 atom stereocenters. The van der Waals surface area contributed by atoms with E-state index in [2.05, 4.69) is 15.6 Å². The lowest BCUT2D eigenvalue weighted by atomic mass is 9.98. The number of nitrogens with zero attached hydrogens (tertiary/aromatic N) is 3. The molecular weight excluding hydrogens is 386 g/mol. The van der Waals surface area contributed by atoms with Crippen molar-refractivity contribution in [2.24, 2.45) is 14.1 Å². The number of rotatable bonds is 3. The summed E-state index contributed by atoms with van der Waals surface area (Å²) in [5.41, 5.74) is 2.04. The van der Waals surface area contributed by atoms with E-state index in [9.17, 15) is 19.2 Å². The summed E-state index contributed by atoms with van der Waals surface area (Å²) in [4.78, 5) is 52.9. The van der Waals surface area contributed by atoms with Gasteiger partial charge >= 0.3 is 5.69 Å². The van der Waals surface area contributed by atoms with E-state index < -0.39 is 17.2 Å². The molecule has 2 N–H and O–H groups in total. The van der Waals surface area contributed by atoms with Crippen molar-refractivity contribution in [3.8, 4) is 0 Å². The van der Waals surface area contributed by atoms with E-state index >= 15 is 0 Å². The third-order valence-corrected chi connectivity index (χ3v) is 5.41. The highest BCUT2D eigenvalue weighted by atomic mass is 16.2. The van der Waals surface area contributed by atoms with Gasteiger partial charge in [-0.15, -0.1) is 0 Å². The van der Waals surface area contributed by atoms with Crippen LogP contribution in [0.2, 0.25) is 0 Å². The van der Waals surface area contributed by atoms with Gasteiger partial charge in [0, 0.05) is 26.2 Å². The lowest BCUT2D eigenvalue weighted by Crippen LogP contribution is -2.37. The SMILES string of the molecule is CC(NC(=O)c1ccc2c(=O)n(C)c(=O)n(C)c2n1)c1ccc2c(c1)CCC(=O)N2. The first-order valence-electron chi connectivity index (χ1n) is 9.56. The minimum Gasteiger partial charge on any atom is -0.344 e. The molecule has 3 heterocycles. The van der Waals surface area contributed by atoms with E-state index in [1.807, 2.05) is 25.1 Å². The van der Waals surface area contributed by atoms with Crippen LogP contribution in [0, 0.1) is 0 Å². The van der Waals surface area contributed by atoms with Gasteiger partial charge in [-0.3, -0.25) is 23.5 Å². The molecule has 1 aliphatic rings. The zero-order valence-corrected chi connectivity index (χ0v) is 16.9. The molecule has 2 amide bonds. The number of carbonyl (C=O) groups excluding carboxylic acids is 2. The first kappa shape index (κ1) is 19.6. The van der Waals surface area contributed by atoms with E-state index in [1.165, 1.54) is 30.8 Å². The second kappa shape index (κ2) is 7.25. The fourth-order valence-electron chi connectivity index (χ4n) is 3.61. The molecule has 0 spiro atoms. The van der Waals surface area contributed by atoms with Crippen LogP contribution in [0.15, 0.2) is 39.9 Å². The van der Waals surface area contributed by atoms with Crippen LogP contribution in [0.25, 0.3) is 11.0 Å². The molecule has 0 radical (unpaired) electrons. The summed E-state index contributed by atoms with van der Waals surface area (Å²) >= 11 is 0. The summed E-state index contributed by atoms with van der Waals surface area (Å²) in [6.07, 6.45) is 1.10. The lowest BCUT2D eigenvalue weighted by molar-refractivity contribution is -0.116. The van der Waals surface area contributed by atoms with Gasteiger partial charge in [0.1, 0.15) is 11.3 Å². The van der Waals surface area contributed by atoms with Crippen molar-refractivity contribution in [1.29, 1.82) is 0 Å². The third kappa shape index (κ3) is 3.28. The minimum absolute atomic E-state index is 0.00297. The summed E-state index contributed by atoms with van der Waals surface area (Å²) < 4.78 is 2.25. The molecule has 30 heavy (non-hydrogen) atoms. The van der Waals surface area contributed by atoms with Crippen LogP contribution in [0.1, 0.15) is 41.0 Å². The average molecular weight is 407 g/mol. The van der Waals surface area contributed by atoms with Gasteiger partial charge in [0.15, 0.2) is 0 Å². The fraction of sp³-hybridized carbons (Fsp3) is 0.286. The number of pyridine rings is 1. The van der Waals surface area contributed by atoms with Crippen molar-refractivity contribution < 1.29 is 9.59 Å². The molecule has 154 valence electrons. The second-order valence-electron chi connectivity index (χ2n) is 7.43. The first-order chi connectivity index (χ1) is 14.3. The fourth-order valence-corrected chi connectivity index (χ4v) is 3.61. The van der Waals surface area contributed by atoms with Gasteiger partial charge in [-0.1, -0.05) is 12.1 Å². The van der Waals surface area contributed by atoms with Gasteiger partial charge < -0.3 is 10.6 Å². The van der Waals surface area contributed by atoms with E-state index in [0.29, 0.717) is 12.8 Å². The molecule has 1 aliphatic heterocycles. The summed E-state index contributed by atoms with van der Waals surface area (Å²) in [6, 6.07) is 8.34. The minimum atomic E-state index is -0.507. The van der Waals surface area contributed by atoms with Crippen LogP contribution >= 0.6 is 0 Å². The maximum atomic E-state index is 12.8. The van der Waals surface area contributed by atoms with Crippen LogP contribution in [0.3, 0.4) is 0 Å². The topological polar surface area (TPSA) is 115 Å². The van der Waals surface area contributed by atoms with Gasteiger partial charge in [-0.05, 0) is 42.7 Å². The van der Waals surface area contributed by atoms with E-state index in [0.717, 1.165) is 21.4 Å². The highest BCUT2D eigenvalue weighted by Gasteiger charge is 2.19. The van der Waals surface area contributed by atoms with Crippen LogP contribution in [0.5, 0.6) is 0 Å². The van der Waals surface area contributed by atoms with Crippen molar-refractivity contribution in [2.45, 2.75) is 25.8 Å². The van der Waals surface area contributed by atoms with E-state index in [1.54, 1.807) is 0 Å². The Bertz CT molecular complexity index is 1320. The number of carbonyl (C=O) groups is 2. The molecule has 9 nitrogen and oxygen atoms in total. The number of hydrogen-bond acceptors (Lipinski definition) is 5. The van der Waals surface area contributed by atoms with Gasteiger partial charge in [0.25, 0.3) is 11.5 Å². The third-order valence-electron chi connectivity index (χ3n) is 5.41. The van der Waals surface area contributed by atoms with Crippen LogP contribution < -0.4 is 21.9 Å². The number of hydrogen-bond donors (Lipinski definition) is 2. The molecule has 1 unspecified atom stereocenters. The molecule has 0 fully saturated rings. The lowest BCUT2D eigenvalue weighted by Gasteiger charge is -2.20. The first-order valence-corrected chi connectivity index (χ1v) is 9.56. The van der Waals surface area contributed by atoms with Crippen molar-refractivity contribution in [1.82, 2.24) is 19.4 Å². The normalized spacial score (nSPS) is 14.2. The van der Waals surface area contributed by atoms with Crippen molar-refractivity contribution >= 4 is 28.5 Å². The molecule has 0 bridgehead atoms. The predicted octanol–water partition coefficient (Wildman–Crippen LogP) is 1.01. The number of benzene rings is 1. The molecule has 4 rings (SSSR count). The number of aromatic nitrogens is 3. The summed E-state index contributed by atoms with van der Waals surface area (Å²) in [5, 5.41) is 5.99. The molecule has 1 aromatic carbocycles. The quantitative estimate of drug-likeness (QED) is 0.672. The van der Waals surface area contributed by atoms with E-state index in [-0.39, 0.29) is 28.7 Å². The Morgan fingerprint density at radius 2 is 1.87 bits per heavy atom. The van der Waals surface area contributed by atoms with Gasteiger partial charge in [0.2, 0.25) is 5.91 Å². The van der Waals surface area contributed by atoms with Gasteiger partial charge in [-0.25, -0.2) is 9.78 Å². The monoisotopic (exact) mass is 407 g/mol. The Morgan fingerprint density at radius 3 is 2.63 bits per heavy atom. The summed E-state index contributed by atoms with van der Waals surface area (Å²) in [5.74, 6) is -0.410. The second-order valence-corrected chi connectivity index (χ2v) is 7.43. The highest BCUT2D eigenvalue weighted by Crippen LogP contribution is 2.26. The Hall–Kier alpha value is -3.75. The highest BCUT2D eigenvalue weighted by molar-refractivity contribution is 5.95. The molecule has 0 aliphatic carbocycles. The van der Waals surface area contributed by atoms with Gasteiger partial charge in [0.05, 0.1) is 11.4 Å². The molecule has 0 saturated carbocycles. The van der Waals surface area contributed by atoms with Crippen LogP contribution in [0.4, 0.5) is 5.69 Å². The average Bonchev–Trinajstić information content (AvgIpc) is 2.75. The summed E-state index contributed by atoms with van der Waals surface area (Å²) in [7, 11) is 2.91. The number of anilines is 1. The number of aryl methyl sites for hydroxylation is 2. The van der Waals surface area contributed by atoms with Crippen LogP contribution in [-0.2, 0) is 25.3 Å². The van der Waals surface area contributed by atoms with Crippen LogP contribution in [-0.4, -0.2) is 25.9 Å². The maximum absolute atomic E-state index is 12.8. The molecule has 3 aromatic rings.